The van der Waals surface area contributed by atoms with E-state index in [-0.39, 0.29) is 25.6 Å². The number of benzene rings is 2. The molecule has 0 amide bonds. The fraction of sp³-hybridized carbons (Fsp3) is 0.400. The zero-order valence-electron chi connectivity index (χ0n) is 19.0. The maximum atomic E-state index is 13.6. The molecule has 0 heterocycles. The van der Waals surface area contributed by atoms with Gasteiger partial charge in [0.2, 0.25) is 0 Å². The van der Waals surface area contributed by atoms with Crippen LogP contribution in [-0.2, 0) is 4.79 Å². The Balaban J connectivity index is 2.64. The lowest BCUT2D eigenvalue weighted by Gasteiger charge is -2.22. The number of ether oxygens (including phenoxy) is 2. The smallest absolute Gasteiger partial charge is 0.169 e. The van der Waals surface area contributed by atoms with E-state index in [2.05, 4.69) is 0 Å². The van der Waals surface area contributed by atoms with Gasteiger partial charge in [0.1, 0.15) is 12.4 Å². The Bertz CT molecular complexity index is 954. The molecule has 7 nitrogen and oxygen atoms in total. The number of aliphatic carboxylic acids is 1. The third kappa shape index (κ3) is 7.28. The van der Waals surface area contributed by atoms with Crippen LogP contribution in [0, 0.1) is 5.82 Å². The molecule has 0 fully saturated rings. The molecule has 0 saturated heterocycles. The standard InChI is InChI=1S/C25H31FO7/c1-15(2)21-14-22(32-3)25(33-11-10-27)24(16-4-6-17(26)7-5-16)20(21)9-8-18(28)12-19(29)13-23(30)31/h4-9,14-15,18-19,27-29H,10-13H2,1-3H3,(H,30,31)/p-1/b9-8+. The van der Waals surface area contributed by atoms with Crippen molar-refractivity contribution in [3.05, 3.63) is 53.4 Å². The number of rotatable bonds is 12. The minimum atomic E-state index is -1.40. The number of carboxylic acid groups (broad SMARTS) is 1. The lowest BCUT2D eigenvalue weighted by atomic mass is 9.88. The lowest BCUT2D eigenvalue weighted by Crippen LogP contribution is -2.29. The minimum Gasteiger partial charge on any atom is -0.550 e. The zero-order valence-corrected chi connectivity index (χ0v) is 19.0. The number of carbonyl (C=O) groups is 1. The van der Waals surface area contributed by atoms with Crippen LogP contribution in [-0.4, -0.2) is 53.8 Å². The summed E-state index contributed by atoms with van der Waals surface area (Å²) in [5, 5.41) is 40.1. The van der Waals surface area contributed by atoms with Gasteiger partial charge in [-0.3, -0.25) is 0 Å². The average molecular weight is 462 g/mol. The van der Waals surface area contributed by atoms with Crippen molar-refractivity contribution < 1.29 is 39.1 Å². The molecule has 0 aliphatic heterocycles. The summed E-state index contributed by atoms with van der Waals surface area (Å²) in [6.07, 6.45) is -0.0216. The predicted molar refractivity (Wildman–Crippen MR) is 120 cm³/mol. The van der Waals surface area contributed by atoms with Gasteiger partial charge in [0, 0.05) is 24.4 Å². The van der Waals surface area contributed by atoms with Gasteiger partial charge in [-0.25, -0.2) is 4.39 Å². The van der Waals surface area contributed by atoms with Gasteiger partial charge in [0.25, 0.3) is 0 Å². The second-order valence-corrected chi connectivity index (χ2v) is 7.91. The molecule has 0 saturated carbocycles. The van der Waals surface area contributed by atoms with Crippen LogP contribution in [0.4, 0.5) is 4.39 Å². The van der Waals surface area contributed by atoms with Crippen LogP contribution in [0.5, 0.6) is 11.5 Å². The minimum absolute atomic E-state index is 0.00672. The van der Waals surface area contributed by atoms with Gasteiger partial charge in [-0.2, -0.15) is 0 Å². The van der Waals surface area contributed by atoms with Crippen molar-refractivity contribution in [2.75, 3.05) is 20.3 Å². The van der Waals surface area contributed by atoms with E-state index in [1.165, 1.54) is 25.3 Å². The largest absolute Gasteiger partial charge is 0.550 e. The predicted octanol–water partition coefficient (Wildman–Crippen LogP) is 2.26. The van der Waals surface area contributed by atoms with Crippen molar-refractivity contribution in [3.8, 4) is 22.6 Å². The van der Waals surface area contributed by atoms with Gasteiger partial charge in [0.05, 0.1) is 25.9 Å². The van der Waals surface area contributed by atoms with Crippen LogP contribution in [0.3, 0.4) is 0 Å². The molecule has 2 unspecified atom stereocenters. The molecule has 8 heteroatoms. The summed E-state index contributed by atoms with van der Waals surface area (Å²) in [7, 11) is 1.50. The van der Waals surface area contributed by atoms with Crippen molar-refractivity contribution in [1.29, 1.82) is 0 Å². The molecule has 0 bridgehead atoms. The molecule has 0 aliphatic carbocycles. The van der Waals surface area contributed by atoms with Gasteiger partial charge in [-0.1, -0.05) is 38.1 Å². The highest BCUT2D eigenvalue weighted by Gasteiger charge is 2.22. The third-order valence-corrected chi connectivity index (χ3v) is 5.03. The molecule has 2 atom stereocenters. The number of carboxylic acids is 1. The molecule has 2 aromatic carbocycles. The molecule has 3 N–H and O–H groups in total. The number of hydrogen-bond donors (Lipinski definition) is 3. The summed E-state index contributed by atoms with van der Waals surface area (Å²) < 4.78 is 25.0. The van der Waals surface area contributed by atoms with Crippen molar-refractivity contribution >= 4 is 12.0 Å². The molecule has 0 aromatic heterocycles. The van der Waals surface area contributed by atoms with E-state index in [1.54, 1.807) is 24.3 Å². The highest BCUT2D eigenvalue weighted by Crippen LogP contribution is 2.45. The van der Waals surface area contributed by atoms with E-state index in [0.29, 0.717) is 28.2 Å². The topological polar surface area (TPSA) is 119 Å². The summed E-state index contributed by atoms with van der Waals surface area (Å²) in [4.78, 5) is 10.7. The van der Waals surface area contributed by atoms with Crippen LogP contribution in [0.15, 0.2) is 36.4 Å². The first kappa shape index (κ1) is 26.3. The van der Waals surface area contributed by atoms with Gasteiger partial charge < -0.3 is 34.7 Å². The Morgan fingerprint density at radius 3 is 2.42 bits per heavy atom. The van der Waals surface area contributed by atoms with Crippen molar-refractivity contribution in [1.82, 2.24) is 0 Å². The summed E-state index contributed by atoms with van der Waals surface area (Å²) in [5.74, 6) is -0.981. The molecule has 2 rings (SSSR count). The third-order valence-electron chi connectivity index (χ3n) is 5.03. The first-order valence-electron chi connectivity index (χ1n) is 10.7. The Morgan fingerprint density at radius 2 is 1.88 bits per heavy atom. The Hall–Kier alpha value is -2.94. The second-order valence-electron chi connectivity index (χ2n) is 7.91. The fourth-order valence-corrected chi connectivity index (χ4v) is 3.52. The number of carbonyl (C=O) groups excluding carboxylic acids is 1. The zero-order chi connectivity index (χ0) is 24.5. The van der Waals surface area contributed by atoms with Gasteiger partial charge in [-0.05, 0) is 40.8 Å². The van der Waals surface area contributed by atoms with Crippen LogP contribution >= 0.6 is 0 Å². The van der Waals surface area contributed by atoms with E-state index in [1.807, 2.05) is 13.8 Å². The van der Waals surface area contributed by atoms with E-state index in [4.69, 9.17) is 9.47 Å². The van der Waals surface area contributed by atoms with Gasteiger partial charge in [0.15, 0.2) is 11.5 Å². The summed E-state index contributed by atoms with van der Waals surface area (Å²) in [6, 6.07) is 7.63. The monoisotopic (exact) mass is 461 g/mol. The highest BCUT2D eigenvalue weighted by molar-refractivity contribution is 5.85. The Kier molecular flexibility index (Phi) is 9.84. The Morgan fingerprint density at radius 1 is 1.21 bits per heavy atom. The van der Waals surface area contributed by atoms with Gasteiger partial charge in [-0.15, -0.1) is 0 Å². The molecule has 0 aliphatic rings. The Labute approximate surface area is 192 Å². The van der Waals surface area contributed by atoms with E-state index < -0.39 is 30.4 Å². The number of aliphatic hydroxyl groups is 3. The van der Waals surface area contributed by atoms with E-state index >= 15 is 0 Å². The molecule has 0 spiro atoms. The molecule has 180 valence electrons. The molecule has 0 radical (unpaired) electrons. The second kappa shape index (κ2) is 12.3. The van der Waals surface area contributed by atoms with Gasteiger partial charge >= 0.3 is 0 Å². The van der Waals surface area contributed by atoms with Crippen LogP contribution in [0.1, 0.15) is 43.7 Å². The van der Waals surface area contributed by atoms with Crippen molar-refractivity contribution in [2.24, 2.45) is 0 Å². The lowest BCUT2D eigenvalue weighted by molar-refractivity contribution is -0.307. The molecular weight excluding hydrogens is 431 g/mol. The number of methoxy groups -OCH3 is 1. The fourth-order valence-electron chi connectivity index (χ4n) is 3.52. The summed E-state index contributed by atoms with van der Waals surface area (Å²) in [5.41, 5.74) is 2.77. The maximum Gasteiger partial charge on any atom is 0.169 e. The van der Waals surface area contributed by atoms with Crippen LogP contribution in [0.2, 0.25) is 0 Å². The number of hydrogen-bond acceptors (Lipinski definition) is 7. The number of halogens is 1. The van der Waals surface area contributed by atoms with Crippen LogP contribution < -0.4 is 14.6 Å². The SMILES string of the molecule is COc1cc(C(C)C)c(/C=C/C(O)CC(O)CC(=O)[O-])c(-c2ccc(F)cc2)c1OCCO. The van der Waals surface area contributed by atoms with E-state index in [0.717, 1.165) is 5.56 Å². The first-order chi connectivity index (χ1) is 15.7. The van der Waals surface area contributed by atoms with Crippen molar-refractivity contribution in [2.45, 2.75) is 44.8 Å². The normalized spacial score (nSPS) is 13.3. The molecule has 33 heavy (non-hydrogen) atoms. The quantitative estimate of drug-likeness (QED) is 0.444. The molecule has 2 aromatic rings. The van der Waals surface area contributed by atoms with E-state index in [9.17, 15) is 29.6 Å². The van der Waals surface area contributed by atoms with Crippen LogP contribution in [0.25, 0.3) is 17.2 Å². The maximum absolute atomic E-state index is 13.6. The van der Waals surface area contributed by atoms with Crippen molar-refractivity contribution in [3.63, 3.8) is 0 Å². The average Bonchev–Trinajstić information content (AvgIpc) is 2.75. The highest BCUT2D eigenvalue weighted by atomic mass is 19.1. The number of aliphatic hydroxyl groups excluding tert-OH is 3. The molecular formula is C25H30FO7-. The summed E-state index contributed by atoms with van der Waals surface area (Å²) in [6.45, 7) is 3.74. The first-order valence-corrected chi connectivity index (χ1v) is 10.7. The summed E-state index contributed by atoms with van der Waals surface area (Å²) >= 11 is 0.